The summed E-state index contributed by atoms with van der Waals surface area (Å²) in [5.41, 5.74) is 2.71. The molecule has 0 nitrogen and oxygen atoms in total. The van der Waals surface area contributed by atoms with E-state index in [-0.39, 0.29) is 0 Å². The summed E-state index contributed by atoms with van der Waals surface area (Å²) in [6, 6.07) is 18.6. The number of hydrogen-bond acceptors (Lipinski definition) is 2. The van der Waals surface area contributed by atoms with Crippen molar-refractivity contribution < 1.29 is 0 Å². The average Bonchev–Trinajstić information content (AvgIpc) is 2.67. The molecule has 148 valence electrons. The molecule has 0 saturated carbocycles. The Bertz CT molecular complexity index is 609. The molecule has 0 aromatic heterocycles. The summed E-state index contributed by atoms with van der Waals surface area (Å²) in [7, 11) is 2.21. The zero-order valence-electron chi connectivity index (χ0n) is 17.9. The van der Waals surface area contributed by atoms with Crippen LogP contribution >= 0.6 is 20.2 Å². The van der Waals surface area contributed by atoms with Crippen LogP contribution in [-0.4, -0.2) is 11.0 Å². The fourth-order valence-electron chi connectivity index (χ4n) is 3.98. The van der Waals surface area contributed by atoms with Gasteiger partial charge in [-0.3, -0.25) is 0 Å². The van der Waals surface area contributed by atoms with Crippen LogP contribution in [0.4, 0.5) is 0 Å². The number of aryl methyl sites for hydroxylation is 2. The van der Waals surface area contributed by atoms with Crippen LogP contribution in [0, 0.1) is 13.8 Å². The molecular formula is C24H36GeS2. The van der Waals surface area contributed by atoms with Gasteiger partial charge in [0.15, 0.2) is 0 Å². The Morgan fingerprint density at radius 2 is 0.889 bits per heavy atom. The molecule has 0 spiro atoms. The second-order valence-electron chi connectivity index (χ2n) is 7.58. The predicted molar refractivity (Wildman–Crippen MR) is 128 cm³/mol. The van der Waals surface area contributed by atoms with Crippen LogP contribution in [0.2, 0.25) is 9.50 Å². The number of rotatable bonds is 10. The summed E-state index contributed by atoms with van der Waals surface area (Å²) >= 11 is 0. The Kier molecular flexibility index (Phi) is 9.37. The molecule has 0 heterocycles. The Morgan fingerprint density at radius 3 is 1.15 bits per heavy atom. The van der Waals surface area contributed by atoms with Gasteiger partial charge in [0, 0.05) is 0 Å². The summed E-state index contributed by atoms with van der Waals surface area (Å²) in [6.07, 6.45) is 5.24. The van der Waals surface area contributed by atoms with E-state index in [2.05, 4.69) is 110 Å². The van der Waals surface area contributed by atoms with Crippen LogP contribution in [-0.2, 0) is 0 Å². The molecular weight excluding hydrogens is 425 g/mol. The molecule has 0 unspecified atom stereocenters. The van der Waals surface area contributed by atoms with Crippen molar-refractivity contribution in [3.63, 3.8) is 0 Å². The molecule has 3 heteroatoms. The van der Waals surface area contributed by atoms with E-state index in [9.17, 15) is 0 Å². The summed E-state index contributed by atoms with van der Waals surface area (Å²) in [5.74, 6) is 0. The van der Waals surface area contributed by atoms with Gasteiger partial charge in [0.1, 0.15) is 0 Å². The molecule has 0 amide bonds. The monoisotopic (exact) mass is 462 g/mol. The van der Waals surface area contributed by atoms with Crippen molar-refractivity contribution >= 4 is 31.2 Å². The van der Waals surface area contributed by atoms with E-state index in [1.807, 2.05) is 0 Å². The molecule has 0 fully saturated rings. The van der Waals surface area contributed by atoms with E-state index in [1.54, 1.807) is 0 Å². The van der Waals surface area contributed by atoms with Gasteiger partial charge < -0.3 is 0 Å². The van der Waals surface area contributed by atoms with Crippen molar-refractivity contribution in [2.75, 3.05) is 0 Å². The molecule has 0 saturated heterocycles. The minimum absolute atomic E-state index is 0.868. The first-order valence-corrected chi connectivity index (χ1v) is 19.7. The third-order valence-electron chi connectivity index (χ3n) is 5.71. The van der Waals surface area contributed by atoms with Gasteiger partial charge in [0.2, 0.25) is 0 Å². The molecule has 0 atom stereocenters. The van der Waals surface area contributed by atoms with E-state index in [1.165, 1.54) is 46.6 Å². The molecule has 0 aliphatic heterocycles. The van der Waals surface area contributed by atoms with Gasteiger partial charge in [-0.2, -0.15) is 0 Å². The second kappa shape index (κ2) is 11.0. The van der Waals surface area contributed by atoms with Crippen molar-refractivity contribution in [3.05, 3.63) is 59.7 Å². The van der Waals surface area contributed by atoms with Gasteiger partial charge in [0.25, 0.3) is 0 Å². The summed E-state index contributed by atoms with van der Waals surface area (Å²) in [5, 5.41) is 0. The van der Waals surface area contributed by atoms with E-state index in [0.717, 1.165) is 9.50 Å². The Hall–Kier alpha value is -0.317. The van der Waals surface area contributed by atoms with E-state index in [4.69, 9.17) is 0 Å². The van der Waals surface area contributed by atoms with E-state index >= 15 is 0 Å². The number of benzene rings is 2. The van der Waals surface area contributed by atoms with Crippen molar-refractivity contribution in [1.82, 2.24) is 0 Å². The topological polar surface area (TPSA) is 0 Å². The molecule has 0 aliphatic carbocycles. The molecule has 0 N–H and O–H groups in total. The third-order valence-corrected chi connectivity index (χ3v) is 32.1. The first kappa shape index (κ1) is 23.0. The Balaban J connectivity index is 2.52. The SMILES string of the molecule is CC[CH](CC)[Ge]([S]c1ccc(C)cc1)([S]c1ccc(C)cc1)[CH](CC)CC. The molecule has 0 bridgehead atoms. The fraction of sp³-hybridized carbons (Fsp3) is 0.500. The van der Waals surface area contributed by atoms with Gasteiger partial charge in [-0.05, 0) is 0 Å². The average molecular weight is 461 g/mol. The van der Waals surface area contributed by atoms with E-state index in [0.29, 0.717) is 0 Å². The van der Waals surface area contributed by atoms with Gasteiger partial charge in [0.05, 0.1) is 0 Å². The first-order valence-electron chi connectivity index (χ1n) is 10.5. The van der Waals surface area contributed by atoms with Crippen LogP contribution in [0.5, 0.6) is 0 Å². The summed E-state index contributed by atoms with van der Waals surface area (Å²) in [6.45, 7) is 14.0. The summed E-state index contributed by atoms with van der Waals surface area (Å²) < 4.78 is 1.74. The zero-order valence-corrected chi connectivity index (χ0v) is 21.6. The normalized spacial score (nSPS) is 12.1. The second-order valence-corrected chi connectivity index (χ2v) is 26.3. The van der Waals surface area contributed by atoms with Crippen LogP contribution < -0.4 is 0 Å². The van der Waals surface area contributed by atoms with Crippen molar-refractivity contribution in [2.45, 2.75) is 86.5 Å². The number of hydrogen-bond donors (Lipinski definition) is 0. The molecule has 2 rings (SSSR count). The maximum absolute atomic E-state index is 2.42. The first-order chi connectivity index (χ1) is 13.0. The minimum atomic E-state index is -2.40. The van der Waals surface area contributed by atoms with Gasteiger partial charge in [-0.15, -0.1) is 0 Å². The Morgan fingerprint density at radius 1 is 0.593 bits per heavy atom. The van der Waals surface area contributed by atoms with Crippen LogP contribution in [0.25, 0.3) is 0 Å². The van der Waals surface area contributed by atoms with Gasteiger partial charge >= 0.3 is 177 Å². The fourth-order valence-corrected chi connectivity index (χ4v) is 33.5. The van der Waals surface area contributed by atoms with Crippen molar-refractivity contribution in [2.24, 2.45) is 0 Å². The van der Waals surface area contributed by atoms with Gasteiger partial charge in [-0.25, -0.2) is 0 Å². The van der Waals surface area contributed by atoms with Crippen molar-refractivity contribution in [1.29, 1.82) is 0 Å². The van der Waals surface area contributed by atoms with Gasteiger partial charge in [-0.1, -0.05) is 0 Å². The molecule has 0 radical (unpaired) electrons. The standard InChI is InChI=1S/C24H36GeS2/c1-7-21(8-2)25(22(9-3)10-4,26-23-15-11-19(5)12-16-23)27-24-17-13-20(6)14-18-24/h11-18,21-22H,7-10H2,1-6H3. The zero-order chi connectivity index (χ0) is 19.9. The van der Waals surface area contributed by atoms with Crippen LogP contribution in [0.15, 0.2) is 58.3 Å². The van der Waals surface area contributed by atoms with E-state index < -0.39 is 11.0 Å². The molecule has 0 aliphatic rings. The van der Waals surface area contributed by atoms with Crippen molar-refractivity contribution in [3.8, 4) is 0 Å². The Labute approximate surface area is 176 Å². The summed E-state index contributed by atoms with van der Waals surface area (Å²) in [4.78, 5) is 2.97. The molecule has 2 aromatic rings. The van der Waals surface area contributed by atoms with Crippen LogP contribution in [0.1, 0.15) is 64.5 Å². The molecule has 27 heavy (non-hydrogen) atoms. The van der Waals surface area contributed by atoms with Crippen LogP contribution in [0.3, 0.4) is 0 Å². The quantitative estimate of drug-likeness (QED) is 0.324. The molecule has 2 aromatic carbocycles. The predicted octanol–water partition coefficient (Wildman–Crippen LogP) is 9.01. The third kappa shape index (κ3) is 5.84. The maximum atomic E-state index is 2.42.